The van der Waals surface area contributed by atoms with Gasteiger partial charge in [0.2, 0.25) is 0 Å². The molecule has 1 aliphatic heterocycles. The number of piperidine rings is 1. The highest BCUT2D eigenvalue weighted by atomic mass is 32.2. The number of benzene rings is 3. The van der Waals surface area contributed by atoms with Crippen molar-refractivity contribution in [2.24, 2.45) is 0 Å². The summed E-state index contributed by atoms with van der Waals surface area (Å²) in [7, 11) is 3.99. The molecule has 39 heavy (non-hydrogen) atoms. The number of ketones is 1. The SMILES string of the molecule is CN(C)CCSc1ccc(C(=O)N2CC(=Cc3ccc(F)c(F)c3)C(=O)C(=Cc3ccc(F)c(F)c3)C2)cc1. The second-order valence-corrected chi connectivity index (χ2v) is 10.5. The predicted molar refractivity (Wildman–Crippen MR) is 145 cm³/mol. The molecule has 1 fully saturated rings. The Kier molecular flexibility index (Phi) is 9.04. The van der Waals surface area contributed by atoms with Crippen LogP contribution in [0.4, 0.5) is 17.6 Å². The topological polar surface area (TPSA) is 40.6 Å². The van der Waals surface area contributed by atoms with Crippen molar-refractivity contribution in [2.45, 2.75) is 4.90 Å². The van der Waals surface area contributed by atoms with Gasteiger partial charge in [0.15, 0.2) is 29.1 Å². The average Bonchev–Trinajstić information content (AvgIpc) is 2.90. The summed E-state index contributed by atoms with van der Waals surface area (Å²) in [5.41, 5.74) is 1.26. The molecule has 202 valence electrons. The Morgan fingerprint density at radius 2 is 1.33 bits per heavy atom. The molecule has 3 aromatic carbocycles. The number of halogens is 4. The van der Waals surface area contributed by atoms with E-state index in [2.05, 4.69) is 4.90 Å². The molecule has 0 unspecified atom stereocenters. The molecule has 1 saturated heterocycles. The Morgan fingerprint density at radius 1 is 0.821 bits per heavy atom. The van der Waals surface area contributed by atoms with Crippen LogP contribution in [0.25, 0.3) is 12.2 Å². The van der Waals surface area contributed by atoms with Crippen molar-refractivity contribution in [3.63, 3.8) is 0 Å². The van der Waals surface area contributed by atoms with Crippen LogP contribution in [-0.2, 0) is 4.79 Å². The van der Waals surface area contributed by atoms with Crippen LogP contribution in [0.2, 0.25) is 0 Å². The molecule has 0 aromatic heterocycles. The normalized spacial score (nSPS) is 16.0. The maximum Gasteiger partial charge on any atom is 0.254 e. The fourth-order valence-corrected chi connectivity index (χ4v) is 5.03. The van der Waals surface area contributed by atoms with Gasteiger partial charge in [-0.2, -0.15) is 0 Å². The van der Waals surface area contributed by atoms with Gasteiger partial charge in [-0.15, -0.1) is 11.8 Å². The zero-order valence-corrected chi connectivity index (χ0v) is 22.2. The first-order valence-electron chi connectivity index (χ1n) is 12.1. The highest BCUT2D eigenvalue weighted by Gasteiger charge is 2.30. The molecule has 4 nitrogen and oxygen atoms in total. The van der Waals surface area contributed by atoms with Crippen LogP contribution >= 0.6 is 11.8 Å². The van der Waals surface area contributed by atoms with Crippen molar-refractivity contribution in [1.29, 1.82) is 0 Å². The van der Waals surface area contributed by atoms with Gasteiger partial charge in [0, 0.05) is 33.9 Å². The Labute approximate surface area is 228 Å². The summed E-state index contributed by atoms with van der Waals surface area (Å²) in [6.07, 6.45) is 2.79. The van der Waals surface area contributed by atoms with Crippen molar-refractivity contribution in [2.75, 3.05) is 39.5 Å². The van der Waals surface area contributed by atoms with E-state index < -0.39 is 29.1 Å². The van der Waals surface area contributed by atoms with Crippen LogP contribution in [0.3, 0.4) is 0 Å². The van der Waals surface area contributed by atoms with Crippen LogP contribution in [0.5, 0.6) is 0 Å². The zero-order chi connectivity index (χ0) is 28.1. The minimum atomic E-state index is -1.07. The zero-order valence-electron chi connectivity index (χ0n) is 21.4. The van der Waals surface area contributed by atoms with E-state index in [9.17, 15) is 27.2 Å². The molecule has 0 spiro atoms. The fraction of sp³-hybridized carbons (Fsp3) is 0.200. The van der Waals surface area contributed by atoms with Gasteiger partial charge in [-0.3, -0.25) is 9.59 Å². The highest BCUT2D eigenvalue weighted by Crippen LogP contribution is 2.26. The van der Waals surface area contributed by atoms with Gasteiger partial charge in [-0.1, -0.05) is 12.1 Å². The maximum absolute atomic E-state index is 13.8. The molecule has 3 aromatic rings. The third-order valence-corrected chi connectivity index (χ3v) is 7.06. The van der Waals surface area contributed by atoms with E-state index in [1.807, 2.05) is 26.2 Å². The predicted octanol–water partition coefficient (Wildman–Crippen LogP) is 6.09. The van der Waals surface area contributed by atoms with Crippen LogP contribution in [0, 0.1) is 23.3 Å². The van der Waals surface area contributed by atoms with Crippen LogP contribution in [-0.4, -0.2) is 61.0 Å². The lowest BCUT2D eigenvalue weighted by Crippen LogP contribution is -2.41. The van der Waals surface area contributed by atoms with E-state index in [4.69, 9.17) is 0 Å². The van der Waals surface area contributed by atoms with Crippen molar-refractivity contribution in [3.05, 3.63) is 112 Å². The Hall–Kier alpha value is -3.69. The molecule has 0 atom stereocenters. The first-order chi connectivity index (χ1) is 18.6. The third-order valence-electron chi connectivity index (χ3n) is 6.07. The smallest absolute Gasteiger partial charge is 0.254 e. The molecule has 9 heteroatoms. The van der Waals surface area contributed by atoms with Gasteiger partial charge in [-0.05, 0) is 85.9 Å². The summed E-state index contributed by atoms with van der Waals surface area (Å²) >= 11 is 1.67. The fourth-order valence-electron chi connectivity index (χ4n) is 4.01. The summed E-state index contributed by atoms with van der Waals surface area (Å²) in [6, 6.07) is 13.6. The van der Waals surface area contributed by atoms with Crippen molar-refractivity contribution >= 4 is 35.6 Å². The van der Waals surface area contributed by atoms with Gasteiger partial charge in [0.25, 0.3) is 5.91 Å². The van der Waals surface area contributed by atoms with E-state index in [1.54, 1.807) is 23.9 Å². The minimum absolute atomic E-state index is 0.0644. The van der Waals surface area contributed by atoms with Crippen molar-refractivity contribution in [3.8, 4) is 0 Å². The molecule has 1 heterocycles. The standard InChI is InChI=1S/C30H26F4N2O2S/c1-35(2)11-12-39-24-7-5-21(6-8-24)30(38)36-17-22(13-19-3-9-25(31)27(33)15-19)29(37)23(18-36)14-20-4-10-26(32)28(34)16-20/h3-10,13-16H,11-12,17-18H2,1-2H3. The molecule has 0 N–H and O–H groups in total. The van der Waals surface area contributed by atoms with E-state index in [-0.39, 0.29) is 41.3 Å². The Balaban J connectivity index is 1.64. The van der Waals surface area contributed by atoms with Crippen LogP contribution < -0.4 is 0 Å². The second-order valence-electron chi connectivity index (χ2n) is 9.35. The summed E-state index contributed by atoms with van der Waals surface area (Å²) in [5, 5.41) is 0. The first kappa shape index (κ1) is 28.3. The van der Waals surface area contributed by atoms with E-state index in [0.717, 1.165) is 41.5 Å². The molecule has 4 rings (SSSR count). The minimum Gasteiger partial charge on any atom is -0.330 e. The number of carbonyl (C=O) groups is 2. The van der Waals surface area contributed by atoms with E-state index in [0.29, 0.717) is 5.56 Å². The molecular weight excluding hydrogens is 528 g/mol. The number of likely N-dealkylation sites (tertiary alicyclic amines) is 1. The molecule has 0 aliphatic carbocycles. The third kappa shape index (κ3) is 7.25. The van der Waals surface area contributed by atoms with Crippen LogP contribution in [0.15, 0.2) is 76.7 Å². The number of hydrogen-bond donors (Lipinski definition) is 0. The van der Waals surface area contributed by atoms with Gasteiger partial charge in [0.05, 0.1) is 13.1 Å². The number of hydrogen-bond acceptors (Lipinski definition) is 4. The summed E-state index contributed by atoms with van der Waals surface area (Å²) in [4.78, 5) is 31.3. The molecule has 1 aliphatic rings. The lowest BCUT2D eigenvalue weighted by atomic mass is 9.93. The summed E-state index contributed by atoms with van der Waals surface area (Å²) in [6.45, 7) is 0.781. The number of Topliss-reactive ketones (excluding diaryl/α,β-unsaturated/α-hetero) is 1. The lowest BCUT2D eigenvalue weighted by molar-refractivity contribution is -0.113. The monoisotopic (exact) mass is 554 g/mol. The number of carbonyl (C=O) groups excluding carboxylic acids is 2. The maximum atomic E-state index is 13.8. The summed E-state index contributed by atoms with van der Waals surface area (Å²) in [5.74, 6) is -4.05. The second kappa shape index (κ2) is 12.4. The number of thioether (sulfide) groups is 1. The van der Waals surface area contributed by atoms with Crippen molar-refractivity contribution in [1.82, 2.24) is 9.80 Å². The first-order valence-corrected chi connectivity index (χ1v) is 13.1. The Bertz CT molecular complexity index is 1380. The number of amides is 1. The number of nitrogens with zero attached hydrogens (tertiary/aromatic N) is 2. The van der Waals surface area contributed by atoms with E-state index >= 15 is 0 Å². The average molecular weight is 555 g/mol. The van der Waals surface area contributed by atoms with Crippen molar-refractivity contribution < 1.29 is 27.2 Å². The molecule has 1 amide bonds. The quantitative estimate of drug-likeness (QED) is 0.201. The van der Waals surface area contributed by atoms with Gasteiger partial charge in [0.1, 0.15) is 0 Å². The number of rotatable bonds is 7. The largest absolute Gasteiger partial charge is 0.330 e. The van der Waals surface area contributed by atoms with Crippen LogP contribution in [0.1, 0.15) is 21.5 Å². The molecular formula is C30H26F4N2O2S. The van der Waals surface area contributed by atoms with Gasteiger partial charge in [-0.25, -0.2) is 17.6 Å². The van der Waals surface area contributed by atoms with Gasteiger partial charge >= 0.3 is 0 Å². The van der Waals surface area contributed by atoms with E-state index in [1.165, 1.54) is 29.2 Å². The summed E-state index contributed by atoms with van der Waals surface area (Å²) < 4.78 is 54.5. The van der Waals surface area contributed by atoms with Gasteiger partial charge < -0.3 is 9.80 Å². The highest BCUT2D eigenvalue weighted by molar-refractivity contribution is 7.99. The Morgan fingerprint density at radius 3 is 1.79 bits per heavy atom. The lowest BCUT2D eigenvalue weighted by Gasteiger charge is -2.30. The molecule has 0 saturated carbocycles. The molecule has 0 radical (unpaired) electrons. The molecule has 0 bridgehead atoms.